The summed E-state index contributed by atoms with van der Waals surface area (Å²) in [6.45, 7) is 5.26. The van der Waals surface area contributed by atoms with Gasteiger partial charge in [-0.1, -0.05) is 6.92 Å². The van der Waals surface area contributed by atoms with Crippen molar-refractivity contribution in [3.8, 4) is 0 Å². The van der Waals surface area contributed by atoms with Gasteiger partial charge in [-0.25, -0.2) is 4.79 Å². The third kappa shape index (κ3) is 4.88. The molecule has 0 aromatic rings. The molecule has 6 heteroatoms. The SMILES string of the molecule is CCN(CCCO)C(=O)NCC1(C(=O)O)CCC(C)CC1. The normalized spacial score (nSPS) is 25.4. The van der Waals surface area contributed by atoms with Gasteiger partial charge >= 0.3 is 12.0 Å². The molecule has 0 radical (unpaired) electrons. The summed E-state index contributed by atoms with van der Waals surface area (Å²) < 4.78 is 0. The largest absolute Gasteiger partial charge is 0.481 e. The molecule has 0 aromatic carbocycles. The van der Waals surface area contributed by atoms with Crippen LogP contribution in [0, 0.1) is 11.3 Å². The summed E-state index contributed by atoms with van der Waals surface area (Å²) >= 11 is 0. The Hall–Kier alpha value is -1.30. The first-order valence-corrected chi connectivity index (χ1v) is 7.82. The van der Waals surface area contributed by atoms with Crippen LogP contribution in [-0.2, 0) is 4.79 Å². The maximum Gasteiger partial charge on any atom is 0.317 e. The van der Waals surface area contributed by atoms with E-state index in [0.29, 0.717) is 38.3 Å². The van der Waals surface area contributed by atoms with Crippen LogP contribution in [0.15, 0.2) is 0 Å². The lowest BCUT2D eigenvalue weighted by atomic mass is 9.71. The molecule has 1 rings (SSSR count). The summed E-state index contributed by atoms with van der Waals surface area (Å²) in [7, 11) is 0. The fourth-order valence-corrected chi connectivity index (χ4v) is 2.80. The zero-order valence-electron chi connectivity index (χ0n) is 13.1. The number of hydrogen-bond acceptors (Lipinski definition) is 3. The average molecular weight is 300 g/mol. The number of nitrogens with zero attached hydrogens (tertiary/aromatic N) is 1. The van der Waals surface area contributed by atoms with Crippen molar-refractivity contribution in [3.05, 3.63) is 0 Å². The van der Waals surface area contributed by atoms with E-state index in [1.165, 1.54) is 0 Å². The van der Waals surface area contributed by atoms with Crippen molar-refractivity contribution in [2.45, 2.75) is 46.0 Å². The second kappa shape index (κ2) is 8.22. The molecule has 0 unspecified atom stereocenters. The van der Waals surface area contributed by atoms with Crippen LogP contribution < -0.4 is 5.32 Å². The van der Waals surface area contributed by atoms with Gasteiger partial charge in [0.15, 0.2) is 0 Å². The van der Waals surface area contributed by atoms with Crippen molar-refractivity contribution in [1.29, 1.82) is 0 Å². The van der Waals surface area contributed by atoms with Crippen LogP contribution in [0.25, 0.3) is 0 Å². The Labute approximate surface area is 126 Å². The van der Waals surface area contributed by atoms with E-state index >= 15 is 0 Å². The van der Waals surface area contributed by atoms with E-state index < -0.39 is 11.4 Å². The summed E-state index contributed by atoms with van der Waals surface area (Å²) in [5.41, 5.74) is -0.821. The first kappa shape index (κ1) is 17.8. The third-order valence-corrected chi connectivity index (χ3v) is 4.52. The molecule has 1 fully saturated rings. The first-order chi connectivity index (χ1) is 9.95. The van der Waals surface area contributed by atoms with Gasteiger partial charge in [0.25, 0.3) is 0 Å². The summed E-state index contributed by atoms with van der Waals surface area (Å²) in [6, 6.07) is -0.245. The highest BCUT2D eigenvalue weighted by molar-refractivity contribution is 5.78. The molecule has 0 spiro atoms. The Balaban J connectivity index is 2.57. The van der Waals surface area contributed by atoms with Gasteiger partial charge in [0, 0.05) is 26.2 Å². The standard InChI is InChI=1S/C15H28N2O4/c1-3-17(9-4-10-18)14(21)16-11-15(13(19)20)7-5-12(2)6-8-15/h12,18H,3-11H2,1-2H3,(H,16,21)(H,19,20). The van der Waals surface area contributed by atoms with Crippen LogP contribution in [0.4, 0.5) is 4.79 Å². The molecule has 1 aliphatic carbocycles. The van der Waals surface area contributed by atoms with Gasteiger partial charge in [-0.3, -0.25) is 4.79 Å². The summed E-state index contributed by atoms with van der Waals surface area (Å²) in [4.78, 5) is 25.3. The van der Waals surface area contributed by atoms with Crippen molar-refractivity contribution in [2.24, 2.45) is 11.3 Å². The fraction of sp³-hybridized carbons (Fsp3) is 0.867. The van der Waals surface area contributed by atoms with Crippen LogP contribution in [0.2, 0.25) is 0 Å². The number of amides is 2. The molecular weight excluding hydrogens is 272 g/mol. The van der Waals surface area contributed by atoms with Gasteiger partial charge in [0.05, 0.1) is 5.41 Å². The molecular formula is C15H28N2O4. The predicted octanol–water partition coefficient (Wildman–Crippen LogP) is 1.68. The van der Waals surface area contributed by atoms with Crippen molar-refractivity contribution < 1.29 is 19.8 Å². The average Bonchev–Trinajstić information content (AvgIpc) is 2.47. The fourth-order valence-electron chi connectivity index (χ4n) is 2.80. The van der Waals surface area contributed by atoms with E-state index in [0.717, 1.165) is 12.8 Å². The number of hydrogen-bond donors (Lipinski definition) is 3. The molecule has 0 saturated heterocycles. The van der Waals surface area contributed by atoms with Crippen molar-refractivity contribution in [3.63, 3.8) is 0 Å². The maximum absolute atomic E-state index is 12.1. The minimum atomic E-state index is -0.821. The predicted molar refractivity (Wildman–Crippen MR) is 80.0 cm³/mol. The molecule has 21 heavy (non-hydrogen) atoms. The molecule has 0 aromatic heterocycles. The smallest absolute Gasteiger partial charge is 0.317 e. The molecule has 0 aliphatic heterocycles. The Morgan fingerprint density at radius 3 is 2.43 bits per heavy atom. The lowest BCUT2D eigenvalue weighted by molar-refractivity contribution is -0.151. The van der Waals surface area contributed by atoms with Gasteiger partial charge in [-0.15, -0.1) is 0 Å². The number of urea groups is 1. The van der Waals surface area contributed by atoms with Crippen molar-refractivity contribution >= 4 is 12.0 Å². The third-order valence-electron chi connectivity index (χ3n) is 4.52. The topological polar surface area (TPSA) is 89.9 Å². The minimum absolute atomic E-state index is 0.0424. The number of rotatable bonds is 7. The Morgan fingerprint density at radius 2 is 1.95 bits per heavy atom. The summed E-state index contributed by atoms with van der Waals surface area (Å²) in [5.74, 6) is -0.252. The molecule has 0 heterocycles. The molecule has 0 atom stereocenters. The van der Waals surface area contributed by atoms with Gasteiger partial charge < -0.3 is 20.4 Å². The van der Waals surface area contributed by atoms with E-state index in [1.807, 2.05) is 6.92 Å². The molecule has 122 valence electrons. The van der Waals surface area contributed by atoms with E-state index in [-0.39, 0.29) is 19.2 Å². The van der Waals surface area contributed by atoms with Gasteiger partial charge in [0.2, 0.25) is 0 Å². The number of aliphatic hydroxyl groups is 1. The van der Waals surface area contributed by atoms with Crippen LogP contribution in [0.1, 0.15) is 46.0 Å². The molecule has 0 bridgehead atoms. The molecule has 2 amide bonds. The number of carbonyl (C=O) groups is 2. The second-order valence-corrected chi connectivity index (χ2v) is 6.08. The van der Waals surface area contributed by atoms with Crippen LogP contribution in [-0.4, -0.2) is 53.4 Å². The highest BCUT2D eigenvalue weighted by Crippen LogP contribution is 2.38. The van der Waals surface area contributed by atoms with E-state index in [4.69, 9.17) is 5.11 Å². The van der Waals surface area contributed by atoms with Crippen molar-refractivity contribution in [2.75, 3.05) is 26.2 Å². The number of aliphatic carboxylic acids is 1. The zero-order valence-corrected chi connectivity index (χ0v) is 13.1. The van der Waals surface area contributed by atoms with Crippen LogP contribution >= 0.6 is 0 Å². The highest BCUT2D eigenvalue weighted by atomic mass is 16.4. The summed E-state index contributed by atoms with van der Waals surface area (Å²) in [6.07, 6.45) is 3.55. The number of carbonyl (C=O) groups excluding carboxylic acids is 1. The molecule has 6 nitrogen and oxygen atoms in total. The van der Waals surface area contributed by atoms with Gasteiger partial charge in [-0.2, -0.15) is 0 Å². The second-order valence-electron chi connectivity index (χ2n) is 6.08. The number of aliphatic hydroxyl groups excluding tert-OH is 1. The molecule has 3 N–H and O–H groups in total. The van der Waals surface area contributed by atoms with Crippen LogP contribution in [0.3, 0.4) is 0 Å². The summed E-state index contributed by atoms with van der Waals surface area (Å²) in [5, 5.41) is 21.1. The van der Waals surface area contributed by atoms with Gasteiger partial charge in [0.1, 0.15) is 0 Å². The van der Waals surface area contributed by atoms with Crippen molar-refractivity contribution in [1.82, 2.24) is 10.2 Å². The quantitative estimate of drug-likeness (QED) is 0.667. The monoisotopic (exact) mass is 300 g/mol. The zero-order chi connectivity index (χ0) is 15.9. The molecule has 1 aliphatic rings. The van der Waals surface area contributed by atoms with Crippen LogP contribution in [0.5, 0.6) is 0 Å². The maximum atomic E-state index is 12.1. The number of carboxylic acids is 1. The Morgan fingerprint density at radius 1 is 1.33 bits per heavy atom. The van der Waals surface area contributed by atoms with Gasteiger partial charge in [-0.05, 0) is 44.9 Å². The Bertz CT molecular complexity index is 352. The Kier molecular flexibility index (Phi) is 6.95. The lowest BCUT2D eigenvalue weighted by Gasteiger charge is -2.36. The van der Waals surface area contributed by atoms with E-state index in [1.54, 1.807) is 4.90 Å². The number of carboxylic acid groups (broad SMARTS) is 1. The van der Waals surface area contributed by atoms with E-state index in [2.05, 4.69) is 12.2 Å². The first-order valence-electron chi connectivity index (χ1n) is 7.82. The molecule has 1 saturated carbocycles. The number of nitrogens with one attached hydrogen (secondary N) is 1. The lowest BCUT2D eigenvalue weighted by Crippen LogP contribution is -2.49. The van der Waals surface area contributed by atoms with E-state index in [9.17, 15) is 14.7 Å². The highest BCUT2D eigenvalue weighted by Gasteiger charge is 2.41. The minimum Gasteiger partial charge on any atom is -0.481 e.